The fraction of sp³-hybridized carbons (Fsp3) is 0.818. The van der Waals surface area contributed by atoms with E-state index in [9.17, 15) is 18.4 Å². The number of carbonyl (C=O) groups excluding carboxylic acids is 2. The first kappa shape index (κ1) is 11.5. The molecule has 0 bridgehead atoms. The Hall–Kier alpha value is -1.00. The van der Waals surface area contributed by atoms with Crippen molar-refractivity contribution < 1.29 is 18.4 Å². The van der Waals surface area contributed by atoms with E-state index < -0.39 is 12.0 Å². The van der Waals surface area contributed by atoms with Crippen molar-refractivity contribution >= 4 is 11.7 Å². The lowest BCUT2D eigenvalue weighted by molar-refractivity contribution is -0.136. The van der Waals surface area contributed by atoms with Crippen molar-refractivity contribution in [3.8, 4) is 0 Å². The molecule has 0 spiro atoms. The summed E-state index contributed by atoms with van der Waals surface area (Å²) in [5, 5.41) is 0. The van der Waals surface area contributed by atoms with Gasteiger partial charge in [-0.15, -0.1) is 0 Å². The molecule has 1 saturated carbocycles. The molecular weight excluding hydrogens is 216 g/mol. The fourth-order valence-corrected chi connectivity index (χ4v) is 3.14. The van der Waals surface area contributed by atoms with Crippen LogP contribution in [0.2, 0.25) is 0 Å². The van der Waals surface area contributed by atoms with Crippen molar-refractivity contribution in [3.05, 3.63) is 0 Å². The molecule has 90 valence electrons. The van der Waals surface area contributed by atoms with Crippen LogP contribution in [0.4, 0.5) is 8.78 Å². The smallest absolute Gasteiger partial charge is 0.248 e. The lowest BCUT2D eigenvalue weighted by atomic mass is 9.92. The van der Waals surface area contributed by atoms with Gasteiger partial charge in [-0.25, -0.2) is 8.78 Å². The number of Topliss-reactive ketones (excluding diaryl/α,β-unsaturated/α-hetero) is 1. The topological polar surface area (TPSA) is 37.4 Å². The van der Waals surface area contributed by atoms with Crippen molar-refractivity contribution in [3.63, 3.8) is 0 Å². The maximum absolute atomic E-state index is 13.2. The second kappa shape index (κ2) is 3.50. The highest BCUT2D eigenvalue weighted by Crippen LogP contribution is 2.49. The molecule has 1 aliphatic heterocycles. The molecule has 5 heteroatoms. The summed E-state index contributed by atoms with van der Waals surface area (Å²) in [5.74, 6) is -3.60. The standard InChI is InChI=1S/C11H15F2NO2/c1-6(15)10-9-4-11(12,13)3-8(9)5-14(10)7(2)16/h8-10H,3-5H2,1-2H3/t8-,9-,10+/m0/s1. The maximum atomic E-state index is 13.2. The Kier molecular flexibility index (Phi) is 2.51. The minimum atomic E-state index is -2.66. The first-order chi connectivity index (χ1) is 7.32. The number of hydrogen-bond donors (Lipinski definition) is 0. The van der Waals surface area contributed by atoms with Gasteiger partial charge in [-0.2, -0.15) is 0 Å². The highest BCUT2D eigenvalue weighted by molar-refractivity contribution is 5.87. The van der Waals surface area contributed by atoms with Crippen LogP contribution in [0.25, 0.3) is 0 Å². The summed E-state index contributed by atoms with van der Waals surface area (Å²) >= 11 is 0. The predicted octanol–water partition coefficient (Wildman–Crippen LogP) is 1.47. The number of amides is 1. The first-order valence-electron chi connectivity index (χ1n) is 5.47. The summed E-state index contributed by atoms with van der Waals surface area (Å²) in [4.78, 5) is 24.3. The van der Waals surface area contributed by atoms with E-state index >= 15 is 0 Å². The molecule has 16 heavy (non-hydrogen) atoms. The van der Waals surface area contributed by atoms with Crippen molar-refractivity contribution in [1.29, 1.82) is 0 Å². The van der Waals surface area contributed by atoms with E-state index in [0.717, 1.165) is 0 Å². The summed E-state index contributed by atoms with van der Waals surface area (Å²) in [6.07, 6.45) is -0.447. The van der Waals surface area contributed by atoms with Gasteiger partial charge in [-0.05, 0) is 18.8 Å². The monoisotopic (exact) mass is 231 g/mol. The van der Waals surface area contributed by atoms with E-state index in [1.54, 1.807) is 0 Å². The summed E-state index contributed by atoms with van der Waals surface area (Å²) in [6, 6.07) is -0.629. The molecular formula is C11H15F2NO2. The first-order valence-corrected chi connectivity index (χ1v) is 5.47. The minimum absolute atomic E-state index is 0.180. The van der Waals surface area contributed by atoms with E-state index in [-0.39, 0.29) is 36.4 Å². The van der Waals surface area contributed by atoms with Crippen LogP contribution in [0.15, 0.2) is 0 Å². The quantitative estimate of drug-likeness (QED) is 0.685. The third kappa shape index (κ3) is 1.72. The third-order valence-electron chi connectivity index (χ3n) is 3.69. The molecule has 0 N–H and O–H groups in total. The predicted molar refractivity (Wildman–Crippen MR) is 53.0 cm³/mol. The van der Waals surface area contributed by atoms with E-state index in [0.29, 0.717) is 6.54 Å². The molecule has 0 radical (unpaired) electrons. The van der Waals surface area contributed by atoms with Gasteiger partial charge in [-0.3, -0.25) is 9.59 Å². The van der Waals surface area contributed by atoms with Crippen LogP contribution >= 0.6 is 0 Å². The Morgan fingerprint density at radius 3 is 2.38 bits per heavy atom. The Morgan fingerprint density at radius 2 is 1.88 bits per heavy atom. The van der Waals surface area contributed by atoms with Crippen molar-refractivity contribution in [2.75, 3.05) is 6.54 Å². The SMILES string of the molecule is CC(=O)[C@@H]1[C@H]2CC(F)(F)C[C@H]2CN1C(C)=O. The van der Waals surface area contributed by atoms with Gasteiger partial charge in [0.05, 0.1) is 6.04 Å². The van der Waals surface area contributed by atoms with Crippen LogP contribution in [0, 0.1) is 11.8 Å². The van der Waals surface area contributed by atoms with Crippen LogP contribution < -0.4 is 0 Å². The normalized spacial score (nSPS) is 36.2. The van der Waals surface area contributed by atoms with E-state index in [1.807, 2.05) is 0 Å². The fourth-order valence-electron chi connectivity index (χ4n) is 3.14. The number of rotatable bonds is 1. The van der Waals surface area contributed by atoms with Gasteiger partial charge in [-0.1, -0.05) is 0 Å². The Balaban J connectivity index is 2.23. The zero-order chi connectivity index (χ0) is 12.1. The van der Waals surface area contributed by atoms with Crippen LogP contribution in [-0.4, -0.2) is 35.1 Å². The van der Waals surface area contributed by atoms with Gasteiger partial charge in [0.15, 0.2) is 5.78 Å². The lowest BCUT2D eigenvalue weighted by Gasteiger charge is -2.25. The zero-order valence-electron chi connectivity index (χ0n) is 9.37. The molecule has 0 aromatic rings. The Labute approximate surface area is 92.8 Å². The van der Waals surface area contributed by atoms with E-state index in [2.05, 4.69) is 0 Å². The Morgan fingerprint density at radius 1 is 1.25 bits per heavy atom. The molecule has 1 heterocycles. The number of fused-ring (bicyclic) bond motifs is 1. The average molecular weight is 231 g/mol. The van der Waals surface area contributed by atoms with Gasteiger partial charge in [0.25, 0.3) is 0 Å². The van der Waals surface area contributed by atoms with Crippen LogP contribution in [0.5, 0.6) is 0 Å². The summed E-state index contributed by atoms with van der Waals surface area (Å²) < 4.78 is 26.4. The number of carbonyl (C=O) groups is 2. The van der Waals surface area contributed by atoms with Crippen LogP contribution in [0.3, 0.4) is 0 Å². The van der Waals surface area contributed by atoms with Gasteiger partial charge >= 0.3 is 0 Å². The molecule has 2 fully saturated rings. The van der Waals surface area contributed by atoms with Gasteiger partial charge in [0.2, 0.25) is 11.8 Å². The second-order valence-electron chi connectivity index (χ2n) is 4.92. The van der Waals surface area contributed by atoms with Gasteiger partial charge < -0.3 is 4.90 Å². The number of nitrogens with zero attached hydrogens (tertiary/aromatic N) is 1. The van der Waals surface area contributed by atoms with E-state index in [1.165, 1.54) is 18.7 Å². The van der Waals surface area contributed by atoms with Crippen molar-refractivity contribution in [2.45, 2.75) is 38.7 Å². The molecule has 0 aromatic carbocycles. The molecule has 1 aliphatic carbocycles. The largest absolute Gasteiger partial charge is 0.332 e. The number of ketones is 1. The lowest BCUT2D eigenvalue weighted by Crippen LogP contribution is -2.42. The molecule has 1 amide bonds. The van der Waals surface area contributed by atoms with Crippen molar-refractivity contribution in [2.24, 2.45) is 11.8 Å². The molecule has 2 aliphatic rings. The minimum Gasteiger partial charge on any atom is -0.332 e. The molecule has 3 nitrogen and oxygen atoms in total. The van der Waals surface area contributed by atoms with Crippen LogP contribution in [-0.2, 0) is 9.59 Å². The summed E-state index contributed by atoms with van der Waals surface area (Å²) in [6.45, 7) is 3.06. The highest BCUT2D eigenvalue weighted by Gasteiger charge is 2.56. The van der Waals surface area contributed by atoms with Crippen LogP contribution in [0.1, 0.15) is 26.7 Å². The third-order valence-corrected chi connectivity index (χ3v) is 3.69. The summed E-state index contributed by atoms with van der Waals surface area (Å²) in [5.41, 5.74) is 0. The highest BCUT2D eigenvalue weighted by atomic mass is 19.3. The van der Waals surface area contributed by atoms with Gasteiger partial charge in [0.1, 0.15) is 0 Å². The molecule has 3 atom stereocenters. The molecule has 0 unspecified atom stereocenters. The zero-order valence-corrected chi connectivity index (χ0v) is 9.37. The molecule has 0 aromatic heterocycles. The van der Waals surface area contributed by atoms with E-state index in [4.69, 9.17) is 0 Å². The van der Waals surface area contributed by atoms with Crippen molar-refractivity contribution in [1.82, 2.24) is 4.90 Å². The number of alkyl halides is 2. The maximum Gasteiger partial charge on any atom is 0.248 e. The average Bonchev–Trinajstić information content (AvgIpc) is 2.54. The summed E-state index contributed by atoms with van der Waals surface area (Å²) in [7, 11) is 0. The number of halogens is 2. The second-order valence-corrected chi connectivity index (χ2v) is 4.92. The number of likely N-dealkylation sites (tertiary alicyclic amines) is 1. The molecule has 2 rings (SSSR count). The Bertz CT molecular complexity index is 343. The van der Waals surface area contributed by atoms with Gasteiger partial charge in [0, 0.05) is 26.3 Å². The number of hydrogen-bond acceptors (Lipinski definition) is 2. The molecule has 1 saturated heterocycles.